The van der Waals surface area contributed by atoms with E-state index in [1.54, 1.807) is 62.6 Å². The van der Waals surface area contributed by atoms with Crippen LogP contribution < -0.4 is 20.1 Å². The van der Waals surface area contributed by atoms with Crippen LogP contribution in [-0.2, 0) is 10.0 Å². The molecule has 2 aromatic carbocycles. The fraction of sp³-hybridized carbons (Fsp3) is 0.345. The van der Waals surface area contributed by atoms with E-state index in [0.717, 1.165) is 5.56 Å². The first kappa shape index (κ1) is 28.6. The van der Waals surface area contributed by atoms with Crippen LogP contribution in [0.5, 0.6) is 11.6 Å². The lowest BCUT2D eigenvalue weighted by molar-refractivity contribution is 0.254. The van der Waals surface area contributed by atoms with Crippen molar-refractivity contribution < 1.29 is 21.9 Å². The van der Waals surface area contributed by atoms with Gasteiger partial charge in [-0.15, -0.1) is 0 Å². The maximum Gasteiger partial charge on any atom is 0.233 e. The predicted octanol–water partition coefficient (Wildman–Crippen LogP) is 5.44. The molecule has 3 N–H and O–H groups in total. The van der Waals surface area contributed by atoms with Crippen LogP contribution in [0.2, 0.25) is 0 Å². The summed E-state index contributed by atoms with van der Waals surface area (Å²) in [6.07, 6.45) is 2.61. The molecule has 0 spiro atoms. The number of alkyl halides is 1. The number of hydrogen-bond donors (Lipinski definition) is 3. The van der Waals surface area contributed by atoms with E-state index in [0.29, 0.717) is 53.2 Å². The smallest absolute Gasteiger partial charge is 0.233 e. The van der Waals surface area contributed by atoms with Crippen molar-refractivity contribution in [1.29, 1.82) is 0 Å². The molecule has 0 aliphatic carbocycles. The maximum absolute atomic E-state index is 14.9. The minimum absolute atomic E-state index is 0.131. The summed E-state index contributed by atoms with van der Waals surface area (Å²) in [4.78, 5) is 13.3. The van der Waals surface area contributed by atoms with E-state index in [-0.39, 0.29) is 29.3 Å². The van der Waals surface area contributed by atoms with Crippen molar-refractivity contribution in [2.45, 2.75) is 39.4 Å². The number of piperidine rings is 1. The summed E-state index contributed by atoms with van der Waals surface area (Å²) in [5.41, 5.74) is 1.73. The summed E-state index contributed by atoms with van der Waals surface area (Å²) in [7, 11) is -3.78. The number of benzene rings is 2. The molecule has 2 atom stereocenters. The molecule has 12 heteroatoms. The number of nitrogens with zero attached hydrogens (tertiary/aromatic N) is 3. The summed E-state index contributed by atoms with van der Waals surface area (Å²) in [5.74, 6) is 0.0478. The van der Waals surface area contributed by atoms with E-state index < -0.39 is 22.0 Å². The molecule has 4 aromatic rings. The Balaban J connectivity index is 1.49. The normalized spacial score (nSPS) is 17.5. The minimum Gasteiger partial charge on any atom is -0.437 e. The van der Waals surface area contributed by atoms with Crippen LogP contribution >= 0.6 is 0 Å². The Morgan fingerprint density at radius 2 is 1.88 bits per heavy atom. The van der Waals surface area contributed by atoms with Gasteiger partial charge < -0.3 is 15.4 Å². The molecule has 1 aliphatic rings. The Morgan fingerprint density at radius 3 is 2.66 bits per heavy atom. The lowest BCUT2D eigenvalue weighted by atomic mass is 10.0. The number of aromatic nitrogens is 3. The SMILES string of the molecule is Cc1ccc2c(NS(=O)(=O)CC(C)C)c(F)ccc2c1Oc1ncccc1-c1ccnc(N[C@H]2CNC[C@H](F)C2)n1. The zero-order valence-corrected chi connectivity index (χ0v) is 23.8. The second kappa shape index (κ2) is 11.9. The fourth-order valence-electron chi connectivity index (χ4n) is 4.86. The number of aryl methyl sites for hydroxylation is 1. The van der Waals surface area contributed by atoms with Crippen LogP contribution in [0.1, 0.15) is 25.8 Å². The zero-order chi connectivity index (χ0) is 29.1. The van der Waals surface area contributed by atoms with Crippen LogP contribution in [0.15, 0.2) is 54.9 Å². The molecule has 0 amide bonds. The summed E-state index contributed by atoms with van der Waals surface area (Å²) < 4.78 is 62.9. The average Bonchev–Trinajstić information content (AvgIpc) is 2.91. The van der Waals surface area contributed by atoms with Gasteiger partial charge in [0.25, 0.3) is 0 Å². The lowest BCUT2D eigenvalue weighted by Crippen LogP contribution is -2.44. The molecule has 1 saturated heterocycles. The molecule has 1 fully saturated rings. The first-order valence-electron chi connectivity index (χ1n) is 13.4. The van der Waals surface area contributed by atoms with E-state index in [4.69, 9.17) is 4.74 Å². The molecule has 2 aromatic heterocycles. The quantitative estimate of drug-likeness (QED) is 0.239. The molecule has 9 nitrogen and oxygen atoms in total. The van der Waals surface area contributed by atoms with Crippen molar-refractivity contribution in [3.05, 3.63) is 66.2 Å². The summed E-state index contributed by atoms with van der Waals surface area (Å²) in [5, 5.41) is 7.11. The fourth-order valence-corrected chi connectivity index (χ4v) is 6.34. The summed E-state index contributed by atoms with van der Waals surface area (Å²) in [6.45, 7) is 6.34. The maximum atomic E-state index is 14.9. The Kier molecular flexibility index (Phi) is 8.32. The highest BCUT2D eigenvalue weighted by Crippen LogP contribution is 2.39. The van der Waals surface area contributed by atoms with Crippen molar-refractivity contribution in [2.24, 2.45) is 5.92 Å². The number of anilines is 2. The number of ether oxygens (including phenoxy) is 1. The highest BCUT2D eigenvalue weighted by atomic mass is 32.2. The number of hydrogen-bond acceptors (Lipinski definition) is 8. The van der Waals surface area contributed by atoms with E-state index >= 15 is 0 Å². The van der Waals surface area contributed by atoms with E-state index in [1.807, 2.05) is 6.92 Å². The van der Waals surface area contributed by atoms with Crippen LogP contribution in [0.25, 0.3) is 22.0 Å². The number of halogens is 2. The molecule has 5 rings (SSSR count). The largest absolute Gasteiger partial charge is 0.437 e. The van der Waals surface area contributed by atoms with Crippen molar-refractivity contribution in [3.8, 4) is 22.9 Å². The number of sulfonamides is 1. The third-order valence-electron chi connectivity index (χ3n) is 6.64. The number of pyridine rings is 1. The Bertz CT molecular complexity index is 1670. The van der Waals surface area contributed by atoms with Gasteiger partial charge in [-0.25, -0.2) is 32.2 Å². The topological polar surface area (TPSA) is 118 Å². The van der Waals surface area contributed by atoms with Crippen LogP contribution in [0, 0.1) is 18.7 Å². The third-order valence-corrected chi connectivity index (χ3v) is 8.26. The summed E-state index contributed by atoms with van der Waals surface area (Å²) >= 11 is 0. The monoisotopic (exact) mass is 582 g/mol. The number of fused-ring (bicyclic) bond motifs is 1. The van der Waals surface area contributed by atoms with E-state index in [1.165, 1.54) is 6.07 Å². The van der Waals surface area contributed by atoms with Gasteiger partial charge in [0.2, 0.25) is 21.9 Å². The molecule has 3 heterocycles. The van der Waals surface area contributed by atoms with Gasteiger partial charge in [-0.1, -0.05) is 26.0 Å². The van der Waals surface area contributed by atoms with Crippen LogP contribution in [0.3, 0.4) is 0 Å². The van der Waals surface area contributed by atoms with Crippen molar-refractivity contribution in [2.75, 3.05) is 28.9 Å². The van der Waals surface area contributed by atoms with Crippen molar-refractivity contribution in [3.63, 3.8) is 0 Å². The Morgan fingerprint density at radius 1 is 1.07 bits per heavy atom. The number of nitrogens with one attached hydrogen (secondary N) is 3. The predicted molar refractivity (Wildman–Crippen MR) is 156 cm³/mol. The second-order valence-electron chi connectivity index (χ2n) is 10.6. The minimum atomic E-state index is -3.78. The molecule has 0 bridgehead atoms. The first-order valence-corrected chi connectivity index (χ1v) is 15.0. The van der Waals surface area contributed by atoms with Crippen LogP contribution in [0.4, 0.5) is 20.4 Å². The average molecular weight is 583 g/mol. The molecule has 0 saturated carbocycles. The van der Waals surface area contributed by atoms with Gasteiger partial charge in [-0.05, 0) is 48.7 Å². The molecule has 216 valence electrons. The molecule has 41 heavy (non-hydrogen) atoms. The molecular formula is C29H32F2N6O3S. The standard InChI is InChI=1S/C29H32F2N6O3S/c1-17(2)16-41(38,39)37-26-21-7-6-18(3)27(22(21)8-9-24(26)31)40-28-23(5-4-11-33-28)25-10-12-34-29(36-25)35-20-13-19(30)14-32-15-20/h4-12,17,19-20,32,37H,13-16H2,1-3H3,(H,34,35,36)/t19-,20-/m1/s1. The van der Waals surface area contributed by atoms with Gasteiger partial charge in [0.1, 0.15) is 17.7 Å². The highest BCUT2D eigenvalue weighted by molar-refractivity contribution is 7.92. The third kappa shape index (κ3) is 6.71. The van der Waals surface area contributed by atoms with Gasteiger partial charge in [0.15, 0.2) is 0 Å². The zero-order valence-electron chi connectivity index (χ0n) is 23.0. The molecule has 0 unspecified atom stereocenters. The molecular weight excluding hydrogens is 550 g/mol. The van der Waals surface area contributed by atoms with Gasteiger partial charge in [0, 0.05) is 48.7 Å². The van der Waals surface area contributed by atoms with Crippen molar-refractivity contribution >= 4 is 32.4 Å². The highest BCUT2D eigenvalue weighted by Gasteiger charge is 2.23. The van der Waals surface area contributed by atoms with Gasteiger partial charge in [-0.3, -0.25) is 4.72 Å². The first-order chi connectivity index (χ1) is 19.6. The summed E-state index contributed by atoms with van der Waals surface area (Å²) in [6, 6.07) is 11.3. The van der Waals surface area contributed by atoms with Crippen molar-refractivity contribution in [1.82, 2.24) is 20.3 Å². The van der Waals surface area contributed by atoms with E-state index in [9.17, 15) is 17.2 Å². The number of rotatable bonds is 9. The molecule has 0 radical (unpaired) electrons. The van der Waals surface area contributed by atoms with E-state index in [2.05, 4.69) is 30.3 Å². The lowest BCUT2D eigenvalue weighted by Gasteiger charge is -2.26. The van der Waals surface area contributed by atoms with Gasteiger partial charge in [-0.2, -0.15) is 0 Å². The second-order valence-corrected chi connectivity index (χ2v) is 12.3. The van der Waals surface area contributed by atoms with Gasteiger partial charge in [0.05, 0.1) is 22.7 Å². The Hall–Kier alpha value is -3.90. The molecule has 1 aliphatic heterocycles. The van der Waals surface area contributed by atoms with Gasteiger partial charge >= 0.3 is 0 Å². The Labute approximate surface area is 237 Å². The van der Waals surface area contributed by atoms with Crippen LogP contribution in [-0.4, -0.2) is 54.4 Å².